The van der Waals surface area contributed by atoms with Crippen LogP contribution in [0.25, 0.3) is 22.0 Å². The minimum Gasteiger partial charge on any atom is -0.477 e. The molecule has 2 aromatic carbocycles. The second-order valence-corrected chi connectivity index (χ2v) is 7.31. The summed E-state index contributed by atoms with van der Waals surface area (Å²) in [6.45, 7) is 0. The third-order valence-corrected chi connectivity index (χ3v) is 4.16. The van der Waals surface area contributed by atoms with Gasteiger partial charge in [-0.05, 0) is 41.5 Å². The Morgan fingerprint density at radius 3 is 2.56 bits per heavy atom. The van der Waals surface area contributed by atoms with E-state index < -0.39 is 16.0 Å². The van der Waals surface area contributed by atoms with Gasteiger partial charge in [-0.3, -0.25) is 4.72 Å². The van der Waals surface area contributed by atoms with E-state index in [1.54, 1.807) is 36.4 Å². The van der Waals surface area contributed by atoms with E-state index in [2.05, 4.69) is 9.71 Å². The van der Waals surface area contributed by atoms with Crippen LogP contribution in [0.4, 0.5) is 11.4 Å². The van der Waals surface area contributed by atoms with Gasteiger partial charge in [0.25, 0.3) is 0 Å². The number of aromatic nitrogens is 1. The van der Waals surface area contributed by atoms with Gasteiger partial charge in [-0.1, -0.05) is 18.2 Å². The number of aromatic carboxylic acids is 1. The quantitative estimate of drug-likeness (QED) is 0.617. The van der Waals surface area contributed by atoms with Crippen molar-refractivity contribution in [3.05, 3.63) is 54.2 Å². The molecular formula is C17H15N3O4S. The second-order valence-electron chi connectivity index (χ2n) is 5.56. The highest BCUT2D eigenvalue weighted by Crippen LogP contribution is 2.33. The molecule has 0 aliphatic rings. The fourth-order valence-corrected chi connectivity index (χ4v) is 3.14. The van der Waals surface area contributed by atoms with Crippen molar-refractivity contribution in [2.75, 3.05) is 16.7 Å². The largest absolute Gasteiger partial charge is 0.477 e. The van der Waals surface area contributed by atoms with Crippen LogP contribution in [-0.4, -0.2) is 30.7 Å². The molecule has 0 unspecified atom stereocenters. The molecule has 8 heteroatoms. The number of carboxylic acid groups (broad SMARTS) is 1. The zero-order valence-corrected chi connectivity index (χ0v) is 14.0. The van der Waals surface area contributed by atoms with E-state index >= 15 is 0 Å². The molecule has 0 atom stereocenters. The number of rotatable bonds is 4. The molecular weight excluding hydrogens is 342 g/mol. The lowest BCUT2D eigenvalue weighted by Crippen LogP contribution is -2.11. The molecule has 1 heterocycles. The van der Waals surface area contributed by atoms with Crippen LogP contribution in [0.1, 0.15) is 10.5 Å². The standard InChI is InChI=1S/C17H15N3O4S/c1-25(23,24)20-14-7-5-12(10-3-2-4-11(18)9-10)13-6-8-15(17(21)22)19-16(13)14/h2-9,20H,18H2,1H3,(H,21,22). The number of nitrogen functional groups attached to an aromatic ring is 1. The van der Waals surface area contributed by atoms with Gasteiger partial charge in [-0.15, -0.1) is 0 Å². The van der Waals surface area contributed by atoms with Crippen molar-refractivity contribution in [3.8, 4) is 11.1 Å². The topological polar surface area (TPSA) is 122 Å². The molecule has 0 saturated carbocycles. The van der Waals surface area contributed by atoms with Gasteiger partial charge in [0.2, 0.25) is 10.0 Å². The number of hydrogen-bond acceptors (Lipinski definition) is 5. The van der Waals surface area contributed by atoms with Crippen LogP contribution in [0.5, 0.6) is 0 Å². The molecule has 0 radical (unpaired) electrons. The summed E-state index contributed by atoms with van der Waals surface area (Å²) in [6.07, 6.45) is 1.02. The normalized spacial score (nSPS) is 11.4. The van der Waals surface area contributed by atoms with Crippen LogP contribution in [0.3, 0.4) is 0 Å². The number of pyridine rings is 1. The van der Waals surface area contributed by atoms with Gasteiger partial charge in [0, 0.05) is 11.1 Å². The zero-order chi connectivity index (χ0) is 18.2. The van der Waals surface area contributed by atoms with E-state index in [1.165, 1.54) is 6.07 Å². The van der Waals surface area contributed by atoms with Crippen molar-refractivity contribution in [2.24, 2.45) is 0 Å². The summed E-state index contributed by atoms with van der Waals surface area (Å²) in [4.78, 5) is 15.3. The van der Waals surface area contributed by atoms with Gasteiger partial charge < -0.3 is 10.8 Å². The molecule has 0 saturated heterocycles. The number of nitrogens with zero attached hydrogens (tertiary/aromatic N) is 1. The molecule has 0 amide bonds. The monoisotopic (exact) mass is 357 g/mol. The number of nitrogens with two attached hydrogens (primary N) is 1. The van der Waals surface area contributed by atoms with E-state index in [0.717, 1.165) is 17.4 Å². The van der Waals surface area contributed by atoms with E-state index in [-0.39, 0.29) is 16.9 Å². The Balaban J connectivity index is 2.31. The molecule has 0 aliphatic carbocycles. The Kier molecular flexibility index (Phi) is 4.05. The summed E-state index contributed by atoms with van der Waals surface area (Å²) in [7, 11) is -3.54. The van der Waals surface area contributed by atoms with Crippen molar-refractivity contribution in [1.29, 1.82) is 0 Å². The Labute approximate surface area is 144 Å². The fraction of sp³-hybridized carbons (Fsp3) is 0.0588. The Morgan fingerprint density at radius 2 is 1.92 bits per heavy atom. The highest BCUT2D eigenvalue weighted by atomic mass is 32.2. The Morgan fingerprint density at radius 1 is 1.16 bits per heavy atom. The first-order chi connectivity index (χ1) is 11.7. The first-order valence-corrected chi connectivity index (χ1v) is 9.14. The lowest BCUT2D eigenvalue weighted by molar-refractivity contribution is 0.0691. The van der Waals surface area contributed by atoms with Crippen molar-refractivity contribution in [3.63, 3.8) is 0 Å². The van der Waals surface area contributed by atoms with Crippen LogP contribution in [0, 0.1) is 0 Å². The van der Waals surface area contributed by atoms with Crippen molar-refractivity contribution in [1.82, 2.24) is 4.98 Å². The lowest BCUT2D eigenvalue weighted by Gasteiger charge is -2.12. The maximum absolute atomic E-state index is 11.6. The molecule has 128 valence electrons. The van der Waals surface area contributed by atoms with Gasteiger partial charge in [0.1, 0.15) is 5.69 Å². The molecule has 0 fully saturated rings. The van der Waals surface area contributed by atoms with E-state index in [0.29, 0.717) is 11.1 Å². The molecule has 3 rings (SSSR count). The number of sulfonamides is 1. The van der Waals surface area contributed by atoms with Crippen LogP contribution in [0.15, 0.2) is 48.5 Å². The van der Waals surface area contributed by atoms with Crippen LogP contribution < -0.4 is 10.5 Å². The molecule has 7 nitrogen and oxygen atoms in total. The van der Waals surface area contributed by atoms with E-state index in [1.807, 2.05) is 6.07 Å². The SMILES string of the molecule is CS(=O)(=O)Nc1ccc(-c2cccc(N)c2)c2ccc(C(=O)O)nc12. The summed E-state index contributed by atoms with van der Waals surface area (Å²) < 4.78 is 25.6. The predicted octanol–water partition coefficient (Wildman–Crippen LogP) is 2.55. The summed E-state index contributed by atoms with van der Waals surface area (Å²) in [6, 6.07) is 13.5. The molecule has 0 spiro atoms. The zero-order valence-electron chi connectivity index (χ0n) is 13.2. The van der Waals surface area contributed by atoms with Crippen molar-refractivity contribution in [2.45, 2.75) is 0 Å². The number of carbonyl (C=O) groups is 1. The number of fused-ring (bicyclic) bond motifs is 1. The van der Waals surface area contributed by atoms with E-state index in [9.17, 15) is 18.3 Å². The third-order valence-electron chi connectivity index (χ3n) is 3.57. The average Bonchev–Trinajstić information content (AvgIpc) is 2.53. The smallest absolute Gasteiger partial charge is 0.354 e. The maximum Gasteiger partial charge on any atom is 0.354 e. The minimum atomic E-state index is -3.54. The number of benzene rings is 2. The van der Waals surface area contributed by atoms with Gasteiger partial charge in [0.15, 0.2) is 0 Å². The highest BCUT2D eigenvalue weighted by Gasteiger charge is 2.15. The Bertz CT molecular complexity index is 1090. The minimum absolute atomic E-state index is 0.172. The van der Waals surface area contributed by atoms with E-state index in [4.69, 9.17) is 5.73 Å². The highest BCUT2D eigenvalue weighted by molar-refractivity contribution is 7.92. The van der Waals surface area contributed by atoms with Crippen LogP contribution >= 0.6 is 0 Å². The molecule has 3 aromatic rings. The van der Waals surface area contributed by atoms with Crippen LogP contribution in [0.2, 0.25) is 0 Å². The van der Waals surface area contributed by atoms with Crippen LogP contribution in [-0.2, 0) is 10.0 Å². The lowest BCUT2D eigenvalue weighted by atomic mass is 9.99. The third kappa shape index (κ3) is 3.53. The molecule has 0 bridgehead atoms. The maximum atomic E-state index is 11.6. The Hall–Kier alpha value is -3.13. The molecule has 1 aromatic heterocycles. The summed E-state index contributed by atoms with van der Waals surface area (Å²) in [5, 5.41) is 9.79. The number of hydrogen-bond donors (Lipinski definition) is 3. The number of carboxylic acids is 1. The molecule has 0 aliphatic heterocycles. The van der Waals surface area contributed by atoms with Gasteiger partial charge in [-0.25, -0.2) is 18.2 Å². The summed E-state index contributed by atoms with van der Waals surface area (Å²) in [5.74, 6) is -1.19. The average molecular weight is 357 g/mol. The van der Waals surface area contributed by atoms with Gasteiger partial charge in [0.05, 0.1) is 17.5 Å². The van der Waals surface area contributed by atoms with Gasteiger partial charge in [-0.2, -0.15) is 0 Å². The molecule has 4 N–H and O–H groups in total. The van der Waals surface area contributed by atoms with Crippen molar-refractivity contribution < 1.29 is 18.3 Å². The summed E-state index contributed by atoms with van der Waals surface area (Å²) in [5.41, 5.74) is 8.30. The first-order valence-electron chi connectivity index (χ1n) is 7.25. The summed E-state index contributed by atoms with van der Waals surface area (Å²) >= 11 is 0. The predicted molar refractivity (Wildman–Crippen MR) is 97.0 cm³/mol. The first kappa shape index (κ1) is 16.7. The number of nitrogens with one attached hydrogen (secondary N) is 1. The van der Waals surface area contributed by atoms with Gasteiger partial charge >= 0.3 is 5.97 Å². The van der Waals surface area contributed by atoms with Crippen molar-refractivity contribution >= 4 is 38.3 Å². The fourth-order valence-electron chi connectivity index (χ4n) is 2.58. The second kappa shape index (κ2) is 6.06. The molecule has 25 heavy (non-hydrogen) atoms. The number of anilines is 2.